The van der Waals surface area contributed by atoms with Crippen LogP contribution in [0.1, 0.15) is 25.8 Å². The zero-order chi connectivity index (χ0) is 14.0. The molecule has 0 fully saturated rings. The second-order valence-corrected chi connectivity index (χ2v) is 4.62. The second kappa shape index (κ2) is 4.88. The average Bonchev–Trinajstić information content (AvgIpc) is 2.13. The highest BCUT2D eigenvalue weighted by Crippen LogP contribution is 2.36. The van der Waals surface area contributed by atoms with Crippen molar-refractivity contribution in [3.05, 3.63) is 29.8 Å². The number of rotatable bonds is 3. The predicted molar refractivity (Wildman–Crippen MR) is 60.4 cm³/mol. The lowest BCUT2D eigenvalue weighted by Gasteiger charge is -2.26. The molecule has 100 valence electrons. The first-order valence-corrected chi connectivity index (χ1v) is 5.25. The Labute approximate surface area is 103 Å². The lowest BCUT2D eigenvalue weighted by atomic mass is 9.81. The first-order chi connectivity index (χ1) is 8.10. The molecule has 0 aliphatic carbocycles. The van der Waals surface area contributed by atoms with Gasteiger partial charge in [0.2, 0.25) is 0 Å². The van der Waals surface area contributed by atoms with Gasteiger partial charge in [0, 0.05) is 0 Å². The minimum Gasteiger partial charge on any atom is -0.411 e. The van der Waals surface area contributed by atoms with Gasteiger partial charge in [0.15, 0.2) is 0 Å². The van der Waals surface area contributed by atoms with Crippen LogP contribution in [-0.2, 0) is 5.41 Å². The largest absolute Gasteiger partial charge is 0.411 e. The van der Waals surface area contributed by atoms with Crippen LogP contribution >= 0.6 is 0 Å². The van der Waals surface area contributed by atoms with Crippen molar-refractivity contribution in [2.75, 3.05) is 0 Å². The number of benzene rings is 1. The van der Waals surface area contributed by atoms with Crippen LogP contribution in [0.3, 0.4) is 0 Å². The minimum absolute atomic E-state index is 0.203. The molecule has 1 amide bonds. The molecule has 0 aromatic heterocycles. The normalized spacial score (nSPS) is 12.3. The summed E-state index contributed by atoms with van der Waals surface area (Å²) >= 11 is 0. The molecule has 0 atom stereocenters. The summed E-state index contributed by atoms with van der Waals surface area (Å²) in [6, 6.07) is 5.81. The molecule has 0 heterocycles. The van der Waals surface area contributed by atoms with Gasteiger partial charge in [0.05, 0.1) is 6.42 Å². The van der Waals surface area contributed by atoms with E-state index >= 15 is 0 Å². The summed E-state index contributed by atoms with van der Waals surface area (Å²) in [5.41, 5.74) is 4.29. The standard InChI is InChI=1S/C12H14F3NO2/c1-11(2,7-12(13,14)15)8-3-5-9(6-4-8)18-10(16)17/h3-6H,7H2,1-2H3,(H2,16,17). The Kier molecular flexibility index (Phi) is 3.88. The maximum Gasteiger partial charge on any atom is 0.409 e. The minimum atomic E-state index is -4.23. The summed E-state index contributed by atoms with van der Waals surface area (Å²) in [4.78, 5) is 10.5. The number of carbonyl (C=O) groups excluding carboxylic acids is 1. The summed E-state index contributed by atoms with van der Waals surface area (Å²) < 4.78 is 41.8. The molecule has 0 radical (unpaired) electrons. The number of halogens is 3. The second-order valence-electron chi connectivity index (χ2n) is 4.62. The van der Waals surface area contributed by atoms with E-state index in [2.05, 4.69) is 4.74 Å². The highest BCUT2D eigenvalue weighted by atomic mass is 19.4. The Morgan fingerprint density at radius 1 is 1.22 bits per heavy atom. The van der Waals surface area contributed by atoms with Crippen LogP contribution in [0.5, 0.6) is 5.75 Å². The third kappa shape index (κ3) is 4.27. The molecule has 0 bridgehead atoms. The van der Waals surface area contributed by atoms with Gasteiger partial charge in [-0.15, -0.1) is 0 Å². The first-order valence-electron chi connectivity index (χ1n) is 5.25. The number of nitrogens with two attached hydrogens (primary N) is 1. The van der Waals surface area contributed by atoms with Crippen LogP contribution in [0.4, 0.5) is 18.0 Å². The molecule has 0 saturated carbocycles. The van der Waals surface area contributed by atoms with E-state index in [-0.39, 0.29) is 5.75 Å². The van der Waals surface area contributed by atoms with Crippen LogP contribution < -0.4 is 10.5 Å². The Bertz CT molecular complexity index is 424. The SMILES string of the molecule is CC(C)(CC(F)(F)F)c1ccc(OC(N)=O)cc1. The third-order valence-corrected chi connectivity index (χ3v) is 2.50. The van der Waals surface area contributed by atoms with Crippen LogP contribution in [0, 0.1) is 0 Å². The van der Waals surface area contributed by atoms with Gasteiger partial charge in [-0.2, -0.15) is 13.2 Å². The van der Waals surface area contributed by atoms with Crippen molar-refractivity contribution in [2.24, 2.45) is 5.73 Å². The number of alkyl halides is 3. The molecule has 0 spiro atoms. The zero-order valence-corrected chi connectivity index (χ0v) is 10.0. The van der Waals surface area contributed by atoms with Crippen molar-refractivity contribution in [1.82, 2.24) is 0 Å². The van der Waals surface area contributed by atoms with E-state index in [1.54, 1.807) is 0 Å². The van der Waals surface area contributed by atoms with Gasteiger partial charge in [-0.25, -0.2) is 4.79 Å². The number of hydrogen-bond donors (Lipinski definition) is 1. The molecule has 1 aromatic rings. The Morgan fingerprint density at radius 2 is 1.72 bits per heavy atom. The third-order valence-electron chi connectivity index (χ3n) is 2.50. The predicted octanol–water partition coefficient (Wildman–Crippen LogP) is 3.37. The molecule has 18 heavy (non-hydrogen) atoms. The number of primary amides is 1. The molecular formula is C12H14F3NO2. The lowest BCUT2D eigenvalue weighted by Crippen LogP contribution is -2.26. The number of amides is 1. The Morgan fingerprint density at radius 3 is 2.11 bits per heavy atom. The van der Waals surface area contributed by atoms with Gasteiger partial charge in [-0.05, 0) is 23.1 Å². The average molecular weight is 261 g/mol. The van der Waals surface area contributed by atoms with Gasteiger partial charge in [-0.3, -0.25) is 0 Å². The van der Waals surface area contributed by atoms with E-state index in [0.29, 0.717) is 5.56 Å². The van der Waals surface area contributed by atoms with Crippen LogP contribution in [-0.4, -0.2) is 12.3 Å². The highest BCUT2D eigenvalue weighted by Gasteiger charge is 2.37. The van der Waals surface area contributed by atoms with E-state index in [9.17, 15) is 18.0 Å². The fourth-order valence-corrected chi connectivity index (χ4v) is 1.69. The maximum atomic E-state index is 12.4. The number of carbonyl (C=O) groups is 1. The van der Waals surface area contributed by atoms with Crippen molar-refractivity contribution < 1.29 is 22.7 Å². The lowest BCUT2D eigenvalue weighted by molar-refractivity contribution is -0.145. The van der Waals surface area contributed by atoms with Gasteiger partial charge < -0.3 is 10.5 Å². The molecule has 1 rings (SSSR count). The number of hydrogen-bond acceptors (Lipinski definition) is 2. The zero-order valence-electron chi connectivity index (χ0n) is 10.0. The monoisotopic (exact) mass is 261 g/mol. The smallest absolute Gasteiger partial charge is 0.409 e. The van der Waals surface area contributed by atoms with Crippen molar-refractivity contribution in [1.29, 1.82) is 0 Å². The molecule has 0 unspecified atom stereocenters. The van der Waals surface area contributed by atoms with E-state index in [1.807, 2.05) is 0 Å². The van der Waals surface area contributed by atoms with Gasteiger partial charge in [0.1, 0.15) is 5.75 Å². The van der Waals surface area contributed by atoms with Crippen molar-refractivity contribution >= 4 is 6.09 Å². The Balaban J connectivity index is 2.87. The van der Waals surface area contributed by atoms with Gasteiger partial charge in [-0.1, -0.05) is 26.0 Å². The molecular weight excluding hydrogens is 247 g/mol. The first kappa shape index (κ1) is 14.3. The molecule has 1 aromatic carbocycles. The van der Waals surface area contributed by atoms with Crippen LogP contribution in [0.15, 0.2) is 24.3 Å². The van der Waals surface area contributed by atoms with E-state index in [0.717, 1.165) is 0 Å². The summed E-state index contributed by atoms with van der Waals surface area (Å²) in [5.74, 6) is 0.203. The van der Waals surface area contributed by atoms with Crippen molar-refractivity contribution in [3.8, 4) is 5.75 Å². The van der Waals surface area contributed by atoms with Crippen molar-refractivity contribution in [2.45, 2.75) is 31.9 Å². The van der Waals surface area contributed by atoms with Crippen LogP contribution in [0.25, 0.3) is 0 Å². The summed E-state index contributed by atoms with van der Waals surface area (Å²) in [6.07, 6.45) is -6.11. The molecule has 0 saturated heterocycles. The van der Waals surface area contributed by atoms with E-state index in [1.165, 1.54) is 38.1 Å². The summed E-state index contributed by atoms with van der Waals surface area (Å²) in [7, 11) is 0. The fourth-order valence-electron chi connectivity index (χ4n) is 1.69. The molecule has 2 N–H and O–H groups in total. The fraction of sp³-hybridized carbons (Fsp3) is 0.417. The molecule has 6 heteroatoms. The maximum absolute atomic E-state index is 12.4. The van der Waals surface area contributed by atoms with E-state index < -0.39 is 24.1 Å². The topological polar surface area (TPSA) is 52.3 Å². The van der Waals surface area contributed by atoms with Gasteiger partial charge >= 0.3 is 12.3 Å². The summed E-state index contributed by atoms with van der Waals surface area (Å²) in [6.45, 7) is 3.01. The molecule has 3 nitrogen and oxygen atoms in total. The quantitative estimate of drug-likeness (QED) is 0.906. The van der Waals surface area contributed by atoms with Crippen molar-refractivity contribution in [3.63, 3.8) is 0 Å². The van der Waals surface area contributed by atoms with E-state index in [4.69, 9.17) is 5.73 Å². The van der Waals surface area contributed by atoms with Gasteiger partial charge in [0.25, 0.3) is 0 Å². The van der Waals surface area contributed by atoms with Crippen LogP contribution in [0.2, 0.25) is 0 Å². The number of ether oxygens (including phenoxy) is 1. The summed E-state index contributed by atoms with van der Waals surface area (Å²) in [5, 5.41) is 0. The molecule has 0 aliphatic heterocycles. The Hall–Kier alpha value is -1.72. The highest BCUT2D eigenvalue weighted by molar-refractivity contribution is 5.68. The molecule has 0 aliphatic rings.